The largest absolute Gasteiger partial charge is 0.298 e. The van der Waals surface area contributed by atoms with Gasteiger partial charge in [-0.25, -0.2) is 0 Å². The molecule has 0 saturated carbocycles. The highest BCUT2D eigenvalue weighted by atomic mass is 35.5. The number of hydrogen-bond donors (Lipinski definition) is 0. The molecule has 3 heteroatoms. The van der Waals surface area contributed by atoms with Gasteiger partial charge in [0.05, 0.1) is 0 Å². The number of likely N-dealkylation sites (tertiary alicyclic amines) is 1. The molecule has 0 aliphatic carbocycles. The topological polar surface area (TPSA) is 3.24 Å². The maximum atomic E-state index is 5.96. The Morgan fingerprint density at radius 3 is 2.06 bits per heavy atom. The van der Waals surface area contributed by atoms with E-state index in [1.807, 2.05) is 0 Å². The second-order valence-corrected chi connectivity index (χ2v) is 5.13. The molecule has 88 valence electrons. The average Bonchev–Trinajstić information content (AvgIpc) is 2.72. The summed E-state index contributed by atoms with van der Waals surface area (Å²) in [5.74, 6) is 2.57. The van der Waals surface area contributed by atoms with Crippen LogP contribution in [0.3, 0.4) is 0 Å². The predicted molar refractivity (Wildman–Crippen MR) is 70.1 cm³/mol. The molecule has 2 rings (SSSR count). The lowest BCUT2D eigenvalue weighted by Crippen LogP contribution is -2.20. The van der Waals surface area contributed by atoms with Gasteiger partial charge in [-0.15, -0.1) is 23.2 Å². The molecule has 0 unspecified atom stereocenters. The van der Waals surface area contributed by atoms with Gasteiger partial charge >= 0.3 is 0 Å². The minimum Gasteiger partial charge on any atom is -0.298 e. The molecule has 0 bridgehead atoms. The van der Waals surface area contributed by atoms with Crippen LogP contribution in [0, 0.1) is 11.8 Å². The zero-order chi connectivity index (χ0) is 11.4. The van der Waals surface area contributed by atoms with Gasteiger partial charge in [0.25, 0.3) is 0 Å². The highest BCUT2D eigenvalue weighted by Gasteiger charge is 2.31. The van der Waals surface area contributed by atoms with Crippen LogP contribution in [-0.2, 0) is 6.54 Å². The minimum atomic E-state index is 0.558. The molecular weight excluding hydrogens is 241 g/mol. The molecule has 1 aromatic rings. The van der Waals surface area contributed by atoms with E-state index >= 15 is 0 Å². The summed E-state index contributed by atoms with van der Waals surface area (Å²) < 4.78 is 0. The van der Waals surface area contributed by atoms with E-state index in [1.165, 1.54) is 5.56 Å². The summed E-state index contributed by atoms with van der Waals surface area (Å²) in [6, 6.07) is 10.6. The maximum absolute atomic E-state index is 5.96. The van der Waals surface area contributed by atoms with Crippen molar-refractivity contribution in [3.05, 3.63) is 35.9 Å². The second-order valence-electron chi connectivity index (χ2n) is 4.51. The number of hydrogen-bond acceptors (Lipinski definition) is 1. The van der Waals surface area contributed by atoms with Crippen molar-refractivity contribution in [2.45, 2.75) is 6.54 Å². The summed E-state index contributed by atoms with van der Waals surface area (Å²) in [4.78, 5) is 2.45. The van der Waals surface area contributed by atoms with Crippen molar-refractivity contribution < 1.29 is 0 Å². The Labute approximate surface area is 107 Å². The lowest BCUT2D eigenvalue weighted by atomic mass is 10.0. The van der Waals surface area contributed by atoms with Crippen LogP contribution in [0.5, 0.6) is 0 Å². The van der Waals surface area contributed by atoms with Gasteiger partial charge in [-0.1, -0.05) is 30.3 Å². The average molecular weight is 258 g/mol. The number of benzene rings is 1. The Bertz CT molecular complexity index is 303. The first-order valence-electron chi connectivity index (χ1n) is 5.71. The molecule has 0 aromatic heterocycles. The smallest absolute Gasteiger partial charge is 0.0267 e. The fraction of sp³-hybridized carbons (Fsp3) is 0.538. The zero-order valence-corrected chi connectivity index (χ0v) is 10.8. The Morgan fingerprint density at radius 2 is 1.56 bits per heavy atom. The fourth-order valence-corrected chi connectivity index (χ4v) is 3.06. The molecule has 1 aromatic carbocycles. The van der Waals surface area contributed by atoms with Crippen LogP contribution in [0.2, 0.25) is 0 Å². The maximum Gasteiger partial charge on any atom is 0.0267 e. The molecule has 0 radical (unpaired) electrons. The van der Waals surface area contributed by atoms with Gasteiger partial charge < -0.3 is 0 Å². The normalized spacial score (nSPS) is 26.1. The van der Waals surface area contributed by atoms with Crippen LogP contribution in [0.15, 0.2) is 30.3 Å². The van der Waals surface area contributed by atoms with Gasteiger partial charge in [0.2, 0.25) is 0 Å². The Hall–Kier alpha value is -0.240. The van der Waals surface area contributed by atoms with E-state index < -0.39 is 0 Å². The Kier molecular flexibility index (Phi) is 4.51. The highest BCUT2D eigenvalue weighted by Crippen LogP contribution is 2.26. The van der Waals surface area contributed by atoms with Gasteiger partial charge in [-0.05, 0) is 17.4 Å². The summed E-state index contributed by atoms with van der Waals surface area (Å²) in [5, 5.41) is 0. The molecule has 1 aliphatic rings. The Morgan fingerprint density at radius 1 is 1.00 bits per heavy atom. The van der Waals surface area contributed by atoms with E-state index in [9.17, 15) is 0 Å². The third-order valence-electron chi connectivity index (χ3n) is 3.30. The number of nitrogens with zero attached hydrogens (tertiary/aromatic N) is 1. The first kappa shape index (κ1) is 12.2. The summed E-state index contributed by atoms with van der Waals surface area (Å²) in [6.45, 7) is 3.17. The lowest BCUT2D eigenvalue weighted by Gasteiger charge is -2.15. The van der Waals surface area contributed by atoms with Crippen molar-refractivity contribution in [1.29, 1.82) is 0 Å². The van der Waals surface area contributed by atoms with Gasteiger partial charge in [0.1, 0.15) is 0 Å². The SMILES string of the molecule is ClC[C@@H]1CN(Cc2ccccc2)C[C@H]1CCl. The van der Waals surface area contributed by atoms with Crippen LogP contribution >= 0.6 is 23.2 Å². The molecule has 2 atom stereocenters. The Balaban J connectivity index is 1.93. The van der Waals surface area contributed by atoms with Crippen LogP contribution in [0.1, 0.15) is 5.56 Å². The van der Waals surface area contributed by atoms with Gasteiger partial charge in [-0.2, -0.15) is 0 Å². The minimum absolute atomic E-state index is 0.558. The molecule has 1 saturated heterocycles. The highest BCUT2D eigenvalue weighted by molar-refractivity contribution is 6.19. The molecule has 0 amide bonds. The molecule has 1 nitrogen and oxygen atoms in total. The molecule has 0 spiro atoms. The van der Waals surface area contributed by atoms with E-state index in [2.05, 4.69) is 35.2 Å². The molecule has 16 heavy (non-hydrogen) atoms. The van der Waals surface area contributed by atoms with Crippen molar-refractivity contribution in [3.63, 3.8) is 0 Å². The predicted octanol–water partition coefficient (Wildman–Crippen LogP) is 3.21. The van der Waals surface area contributed by atoms with E-state index in [1.54, 1.807) is 0 Å². The van der Waals surface area contributed by atoms with Crippen molar-refractivity contribution >= 4 is 23.2 Å². The van der Waals surface area contributed by atoms with Crippen LogP contribution in [0.4, 0.5) is 0 Å². The number of halogens is 2. The summed E-state index contributed by atoms with van der Waals surface area (Å²) in [7, 11) is 0. The number of rotatable bonds is 4. The summed E-state index contributed by atoms with van der Waals surface area (Å²) >= 11 is 11.9. The lowest BCUT2D eigenvalue weighted by molar-refractivity contribution is 0.316. The quantitative estimate of drug-likeness (QED) is 0.749. The summed E-state index contributed by atoms with van der Waals surface area (Å²) in [5.41, 5.74) is 1.37. The standard InChI is InChI=1S/C13H17Cl2N/c14-6-12-9-16(10-13(12)7-15)8-11-4-2-1-3-5-11/h1-5,12-13H,6-10H2/t12-,13-/m1/s1. The first-order valence-corrected chi connectivity index (χ1v) is 6.78. The first-order chi connectivity index (χ1) is 7.83. The molecular formula is C13H17Cl2N. The van der Waals surface area contributed by atoms with Crippen molar-refractivity contribution in [3.8, 4) is 0 Å². The van der Waals surface area contributed by atoms with Crippen LogP contribution in [-0.4, -0.2) is 29.7 Å². The monoisotopic (exact) mass is 257 g/mol. The van der Waals surface area contributed by atoms with Gasteiger partial charge in [0.15, 0.2) is 0 Å². The zero-order valence-electron chi connectivity index (χ0n) is 9.28. The fourth-order valence-electron chi connectivity index (χ4n) is 2.36. The molecule has 1 aliphatic heterocycles. The second kappa shape index (κ2) is 5.90. The van der Waals surface area contributed by atoms with Crippen molar-refractivity contribution in [2.75, 3.05) is 24.8 Å². The number of alkyl halides is 2. The van der Waals surface area contributed by atoms with E-state index in [4.69, 9.17) is 23.2 Å². The molecule has 0 N–H and O–H groups in total. The van der Waals surface area contributed by atoms with Crippen molar-refractivity contribution in [2.24, 2.45) is 11.8 Å². The van der Waals surface area contributed by atoms with E-state index in [0.717, 1.165) is 31.4 Å². The third-order valence-corrected chi connectivity index (χ3v) is 4.09. The van der Waals surface area contributed by atoms with Gasteiger partial charge in [-0.3, -0.25) is 4.90 Å². The van der Waals surface area contributed by atoms with Gasteiger partial charge in [0, 0.05) is 31.4 Å². The van der Waals surface area contributed by atoms with Crippen LogP contribution in [0.25, 0.3) is 0 Å². The van der Waals surface area contributed by atoms with E-state index in [0.29, 0.717) is 11.8 Å². The summed E-state index contributed by atoms with van der Waals surface area (Å²) in [6.07, 6.45) is 0. The van der Waals surface area contributed by atoms with Crippen LogP contribution < -0.4 is 0 Å². The van der Waals surface area contributed by atoms with Crippen molar-refractivity contribution in [1.82, 2.24) is 4.90 Å². The third kappa shape index (κ3) is 2.91. The molecule has 1 fully saturated rings. The molecule has 1 heterocycles. The van der Waals surface area contributed by atoms with E-state index in [-0.39, 0.29) is 0 Å².